The highest BCUT2D eigenvalue weighted by atomic mass is 19.4. The lowest BCUT2D eigenvalue weighted by Crippen LogP contribution is -2.61. The number of hydrogen-bond donors (Lipinski definition) is 0. The molecule has 0 aliphatic carbocycles. The maximum atomic E-state index is 12.2. The van der Waals surface area contributed by atoms with Gasteiger partial charge in [0.2, 0.25) is 0 Å². The fraction of sp³-hybridized carbons (Fsp3) is 1.00. The fourth-order valence-corrected chi connectivity index (χ4v) is 3.80. The van der Waals surface area contributed by atoms with E-state index >= 15 is 0 Å². The Balaban J connectivity index is 1.83. The van der Waals surface area contributed by atoms with Crippen LogP contribution in [0, 0.1) is 5.92 Å². The summed E-state index contributed by atoms with van der Waals surface area (Å²) in [6.45, 7) is 8.64. The van der Waals surface area contributed by atoms with E-state index in [2.05, 4.69) is 23.6 Å². The second-order valence-corrected chi connectivity index (χ2v) is 7.02. The molecule has 0 saturated carbocycles. The molecule has 21 heavy (non-hydrogen) atoms. The van der Waals surface area contributed by atoms with Gasteiger partial charge in [-0.15, -0.1) is 0 Å². The maximum Gasteiger partial charge on any atom is 0.389 e. The summed E-state index contributed by atoms with van der Waals surface area (Å²) in [7, 11) is 0. The monoisotopic (exact) mass is 306 g/mol. The van der Waals surface area contributed by atoms with E-state index in [4.69, 9.17) is 0 Å². The minimum atomic E-state index is -4.00. The summed E-state index contributed by atoms with van der Waals surface area (Å²) in [5.41, 5.74) is 0. The number of alkyl halides is 3. The van der Waals surface area contributed by atoms with Gasteiger partial charge in [0.25, 0.3) is 0 Å². The zero-order valence-electron chi connectivity index (χ0n) is 13.3. The summed E-state index contributed by atoms with van der Waals surface area (Å²) in [5.74, 6) is 0.565. The van der Waals surface area contributed by atoms with E-state index in [1.165, 1.54) is 25.8 Å². The van der Waals surface area contributed by atoms with Gasteiger partial charge in [-0.1, -0.05) is 20.3 Å². The first kappa shape index (κ1) is 17.1. The highest BCUT2D eigenvalue weighted by molar-refractivity contribution is 4.91. The molecule has 2 rings (SSSR count). The normalized spacial score (nSPS) is 28.9. The van der Waals surface area contributed by atoms with Gasteiger partial charge in [-0.25, -0.2) is 0 Å². The van der Waals surface area contributed by atoms with Crippen LogP contribution in [0.4, 0.5) is 13.2 Å². The predicted molar refractivity (Wildman–Crippen MR) is 79.3 cm³/mol. The molecule has 0 spiro atoms. The minimum absolute atomic E-state index is 0.263. The van der Waals surface area contributed by atoms with Crippen molar-refractivity contribution in [2.24, 2.45) is 5.92 Å². The van der Waals surface area contributed by atoms with Gasteiger partial charge in [0, 0.05) is 31.6 Å². The number of piperazine rings is 1. The number of hydrogen-bond acceptors (Lipinski definition) is 2. The van der Waals surface area contributed by atoms with E-state index < -0.39 is 12.6 Å². The third-order valence-electron chi connectivity index (χ3n) is 5.01. The van der Waals surface area contributed by atoms with Crippen molar-refractivity contribution in [3.05, 3.63) is 0 Å². The molecule has 2 fully saturated rings. The lowest BCUT2D eigenvalue weighted by molar-refractivity contribution is -0.136. The Morgan fingerprint density at radius 3 is 2.52 bits per heavy atom. The Bertz CT molecular complexity index is 317. The number of rotatable bonds is 5. The number of piperidine rings is 1. The Labute approximate surface area is 126 Å². The largest absolute Gasteiger partial charge is 0.389 e. The molecule has 2 aliphatic heterocycles. The number of nitrogens with zero attached hydrogens (tertiary/aromatic N) is 2. The highest BCUT2D eigenvalue weighted by Gasteiger charge is 2.36. The van der Waals surface area contributed by atoms with Crippen LogP contribution in [0.1, 0.15) is 52.4 Å². The van der Waals surface area contributed by atoms with E-state index in [0.29, 0.717) is 24.4 Å². The molecule has 0 aromatic heterocycles. The molecule has 2 saturated heterocycles. The van der Waals surface area contributed by atoms with Gasteiger partial charge >= 0.3 is 6.18 Å². The van der Waals surface area contributed by atoms with Crippen LogP contribution < -0.4 is 0 Å². The van der Waals surface area contributed by atoms with Crippen LogP contribution in [0.15, 0.2) is 0 Å². The van der Waals surface area contributed by atoms with E-state index in [1.807, 2.05) is 0 Å². The maximum absolute atomic E-state index is 12.2. The van der Waals surface area contributed by atoms with Crippen LogP contribution in [-0.2, 0) is 0 Å². The molecule has 0 aromatic carbocycles. The lowest BCUT2D eigenvalue weighted by Gasteiger charge is -2.50. The van der Waals surface area contributed by atoms with Crippen molar-refractivity contribution in [2.75, 3.05) is 26.2 Å². The van der Waals surface area contributed by atoms with Crippen molar-refractivity contribution in [2.45, 2.75) is 70.6 Å². The highest BCUT2D eigenvalue weighted by Crippen LogP contribution is 2.28. The third kappa shape index (κ3) is 5.13. The summed E-state index contributed by atoms with van der Waals surface area (Å²) in [6.07, 6.45) is 0.142. The number of unbranched alkanes of at least 4 members (excludes halogenated alkanes) is 1. The Morgan fingerprint density at radius 1 is 1.10 bits per heavy atom. The first-order valence-electron chi connectivity index (χ1n) is 8.41. The molecular formula is C16H29F3N2. The predicted octanol–water partition coefficient (Wildman–Crippen LogP) is 3.91. The third-order valence-corrected chi connectivity index (χ3v) is 5.01. The molecule has 0 N–H and O–H groups in total. The molecule has 124 valence electrons. The Morgan fingerprint density at radius 2 is 1.86 bits per heavy atom. The van der Waals surface area contributed by atoms with Crippen LogP contribution in [0.3, 0.4) is 0 Å². The molecule has 5 heteroatoms. The molecule has 0 radical (unpaired) electrons. The first-order valence-corrected chi connectivity index (χ1v) is 8.41. The molecule has 2 unspecified atom stereocenters. The van der Waals surface area contributed by atoms with E-state index in [0.717, 1.165) is 19.6 Å². The summed E-state index contributed by atoms with van der Waals surface area (Å²) >= 11 is 0. The lowest BCUT2D eigenvalue weighted by atomic mass is 9.92. The minimum Gasteiger partial charge on any atom is -0.298 e. The van der Waals surface area contributed by atoms with E-state index in [9.17, 15) is 13.2 Å². The van der Waals surface area contributed by atoms with Crippen molar-refractivity contribution < 1.29 is 13.2 Å². The zero-order valence-corrected chi connectivity index (χ0v) is 13.3. The zero-order chi connectivity index (χ0) is 15.5. The van der Waals surface area contributed by atoms with Gasteiger partial charge in [0.05, 0.1) is 0 Å². The van der Waals surface area contributed by atoms with E-state index in [-0.39, 0.29) is 6.42 Å². The standard InChI is InChI=1S/C16H29F3N2/c1-13(2)15-12-20-9-5-3-7-14(20)11-21(15)10-6-4-8-16(17,18)19/h13-15H,3-12H2,1-2H3. The SMILES string of the molecule is CC(C)C1CN2CCCCC2CN1CCCCC(F)(F)F. The van der Waals surface area contributed by atoms with Crippen molar-refractivity contribution in [1.29, 1.82) is 0 Å². The Kier molecular flexibility index (Phi) is 5.95. The number of fused-ring (bicyclic) bond motifs is 1. The smallest absolute Gasteiger partial charge is 0.298 e. The summed E-state index contributed by atoms with van der Waals surface area (Å²) < 4.78 is 36.7. The van der Waals surface area contributed by atoms with Gasteiger partial charge in [-0.05, 0) is 44.7 Å². The quantitative estimate of drug-likeness (QED) is 0.711. The summed E-state index contributed by atoms with van der Waals surface area (Å²) in [4.78, 5) is 5.08. The Hall–Kier alpha value is -0.290. The van der Waals surface area contributed by atoms with Gasteiger partial charge in [0.1, 0.15) is 0 Å². The van der Waals surface area contributed by atoms with Crippen molar-refractivity contribution in [1.82, 2.24) is 9.80 Å². The molecule has 0 amide bonds. The molecule has 2 heterocycles. The van der Waals surface area contributed by atoms with Crippen LogP contribution in [0.2, 0.25) is 0 Å². The van der Waals surface area contributed by atoms with Crippen molar-refractivity contribution in [3.8, 4) is 0 Å². The number of halogens is 3. The molecule has 2 aliphatic rings. The molecule has 0 aromatic rings. The summed E-state index contributed by atoms with van der Waals surface area (Å²) in [5, 5.41) is 0. The van der Waals surface area contributed by atoms with Crippen molar-refractivity contribution >= 4 is 0 Å². The first-order chi connectivity index (χ1) is 9.87. The van der Waals surface area contributed by atoms with Gasteiger partial charge in [-0.3, -0.25) is 9.80 Å². The topological polar surface area (TPSA) is 6.48 Å². The van der Waals surface area contributed by atoms with Crippen LogP contribution >= 0.6 is 0 Å². The fourth-order valence-electron chi connectivity index (χ4n) is 3.80. The second kappa shape index (κ2) is 7.32. The van der Waals surface area contributed by atoms with Crippen LogP contribution in [-0.4, -0.2) is 54.2 Å². The van der Waals surface area contributed by atoms with Crippen molar-refractivity contribution in [3.63, 3.8) is 0 Å². The average molecular weight is 306 g/mol. The molecule has 2 nitrogen and oxygen atoms in total. The van der Waals surface area contributed by atoms with Gasteiger partial charge in [0.15, 0.2) is 0 Å². The van der Waals surface area contributed by atoms with Gasteiger partial charge in [-0.2, -0.15) is 13.2 Å². The summed E-state index contributed by atoms with van der Waals surface area (Å²) in [6, 6.07) is 1.14. The molecule has 0 bridgehead atoms. The average Bonchev–Trinajstić information content (AvgIpc) is 2.41. The molecule has 2 atom stereocenters. The van der Waals surface area contributed by atoms with Gasteiger partial charge < -0.3 is 0 Å². The molecular weight excluding hydrogens is 277 g/mol. The van der Waals surface area contributed by atoms with Crippen LogP contribution in [0.25, 0.3) is 0 Å². The van der Waals surface area contributed by atoms with E-state index in [1.54, 1.807) is 0 Å². The second-order valence-electron chi connectivity index (χ2n) is 7.02. The van der Waals surface area contributed by atoms with Crippen LogP contribution in [0.5, 0.6) is 0 Å².